The highest BCUT2D eigenvalue weighted by Gasteiger charge is 2.44. The summed E-state index contributed by atoms with van der Waals surface area (Å²) in [5.41, 5.74) is 0. The third-order valence-electron chi connectivity index (χ3n) is 5.46. The van der Waals surface area contributed by atoms with Gasteiger partial charge in [-0.05, 0) is 44.4 Å². The van der Waals surface area contributed by atoms with E-state index in [0.29, 0.717) is 12.8 Å². The fourth-order valence-electron chi connectivity index (χ4n) is 4.07. The van der Waals surface area contributed by atoms with Gasteiger partial charge in [0.05, 0.1) is 0 Å². The molecule has 7 heteroatoms. The van der Waals surface area contributed by atoms with Gasteiger partial charge in [-0.3, -0.25) is 4.90 Å². The normalized spacial score (nSPS) is 30.0. The Hall–Kier alpha value is -1.37. The first-order chi connectivity index (χ1) is 11.5. The van der Waals surface area contributed by atoms with Crippen molar-refractivity contribution in [2.24, 2.45) is 5.92 Å². The van der Waals surface area contributed by atoms with Gasteiger partial charge in [-0.2, -0.15) is 8.78 Å². The van der Waals surface area contributed by atoms with Crippen LogP contribution in [0.4, 0.5) is 22.0 Å². The van der Waals surface area contributed by atoms with Gasteiger partial charge < -0.3 is 4.74 Å². The maximum absolute atomic E-state index is 13.8. The number of fused-ring (bicyclic) bond motifs is 2. The summed E-state index contributed by atoms with van der Waals surface area (Å²) in [7, 11) is 0. The van der Waals surface area contributed by atoms with Crippen molar-refractivity contribution in [2.45, 2.75) is 56.7 Å². The topological polar surface area (TPSA) is 12.5 Å². The van der Waals surface area contributed by atoms with Crippen molar-refractivity contribution in [2.75, 3.05) is 6.54 Å². The Morgan fingerprint density at radius 1 is 0.750 bits per heavy atom. The Balaban J connectivity index is 1.51. The third-order valence-corrected chi connectivity index (χ3v) is 5.46. The van der Waals surface area contributed by atoms with Crippen LogP contribution in [0.25, 0.3) is 0 Å². The number of halogens is 5. The lowest BCUT2D eigenvalue weighted by Gasteiger charge is -2.39. The first kappa shape index (κ1) is 16.1. The lowest BCUT2D eigenvalue weighted by atomic mass is 9.99. The van der Waals surface area contributed by atoms with Crippen molar-refractivity contribution < 1.29 is 26.7 Å². The zero-order valence-corrected chi connectivity index (χ0v) is 13.0. The molecule has 0 spiro atoms. The largest absolute Gasteiger partial charge is 0.484 e. The molecule has 0 N–H and O–H groups in total. The third kappa shape index (κ3) is 2.66. The zero-order chi connectivity index (χ0) is 17.0. The Kier molecular flexibility index (Phi) is 3.94. The highest BCUT2D eigenvalue weighted by atomic mass is 19.2. The van der Waals surface area contributed by atoms with Crippen LogP contribution in [-0.4, -0.2) is 29.6 Å². The maximum Gasteiger partial charge on any atom is 0.207 e. The summed E-state index contributed by atoms with van der Waals surface area (Å²) in [6.07, 6.45) is 5.08. The van der Waals surface area contributed by atoms with E-state index < -0.39 is 40.9 Å². The van der Waals surface area contributed by atoms with Crippen molar-refractivity contribution in [3.05, 3.63) is 29.1 Å². The molecule has 2 nitrogen and oxygen atoms in total. The summed E-state index contributed by atoms with van der Waals surface area (Å²) in [4.78, 5) is 2.44. The molecule has 3 aliphatic rings. The molecule has 1 aromatic carbocycles. The van der Waals surface area contributed by atoms with E-state index in [0.717, 1.165) is 25.3 Å². The van der Waals surface area contributed by atoms with Gasteiger partial charge in [0.2, 0.25) is 29.1 Å². The molecule has 2 bridgehead atoms. The second kappa shape index (κ2) is 5.86. The highest BCUT2D eigenvalue weighted by molar-refractivity contribution is 5.30. The minimum atomic E-state index is -2.16. The summed E-state index contributed by atoms with van der Waals surface area (Å²) in [5, 5.41) is 0. The zero-order valence-electron chi connectivity index (χ0n) is 13.0. The molecule has 2 heterocycles. The van der Waals surface area contributed by atoms with Gasteiger partial charge in [0, 0.05) is 18.6 Å². The molecule has 1 saturated carbocycles. The predicted molar refractivity (Wildman–Crippen MR) is 76.1 cm³/mol. The van der Waals surface area contributed by atoms with E-state index in [4.69, 9.17) is 4.74 Å². The molecular weight excluding hydrogens is 329 g/mol. The average Bonchev–Trinajstić information content (AvgIpc) is 3.35. The van der Waals surface area contributed by atoms with Crippen LogP contribution in [0.5, 0.6) is 5.75 Å². The lowest BCUT2D eigenvalue weighted by Crippen LogP contribution is -2.47. The first-order valence-electron chi connectivity index (χ1n) is 8.39. The summed E-state index contributed by atoms with van der Waals surface area (Å²) < 4.78 is 72.5. The quantitative estimate of drug-likeness (QED) is 0.461. The van der Waals surface area contributed by atoms with Crippen LogP contribution in [0, 0.1) is 35.0 Å². The van der Waals surface area contributed by atoms with Crippen LogP contribution in [0.1, 0.15) is 38.5 Å². The van der Waals surface area contributed by atoms with E-state index in [-0.39, 0.29) is 12.1 Å². The molecule has 1 aliphatic carbocycles. The van der Waals surface area contributed by atoms with Gasteiger partial charge >= 0.3 is 0 Å². The van der Waals surface area contributed by atoms with Gasteiger partial charge in [-0.15, -0.1) is 0 Å². The van der Waals surface area contributed by atoms with Crippen LogP contribution in [-0.2, 0) is 0 Å². The SMILES string of the molecule is Fc1c(F)c(F)c(OC2CC3CCC(C2)N3CC2CC2)c(F)c1F. The van der Waals surface area contributed by atoms with Crippen molar-refractivity contribution in [1.29, 1.82) is 0 Å². The predicted octanol–water partition coefficient (Wildman–Crippen LogP) is 4.17. The van der Waals surface area contributed by atoms with Crippen LogP contribution in [0.2, 0.25) is 0 Å². The molecule has 132 valence electrons. The fraction of sp³-hybridized carbons (Fsp3) is 0.647. The van der Waals surface area contributed by atoms with E-state index in [2.05, 4.69) is 4.90 Å². The standard InChI is InChI=1S/C17H18F5NO/c18-12-13(19)15(21)17(16(22)14(12)20)24-11-5-9-3-4-10(6-11)23(9)7-8-1-2-8/h8-11H,1-7H2. The van der Waals surface area contributed by atoms with Gasteiger partial charge in [-0.25, -0.2) is 13.2 Å². The molecule has 1 aromatic rings. The minimum absolute atomic E-state index is 0.274. The molecule has 4 rings (SSSR count). The van der Waals surface area contributed by atoms with E-state index in [9.17, 15) is 22.0 Å². The lowest BCUT2D eigenvalue weighted by molar-refractivity contribution is 0.0413. The first-order valence-corrected chi connectivity index (χ1v) is 8.39. The Morgan fingerprint density at radius 3 is 1.75 bits per heavy atom. The summed E-state index contributed by atoms with van der Waals surface area (Å²) in [6.45, 7) is 1.05. The van der Waals surface area contributed by atoms with E-state index >= 15 is 0 Å². The monoisotopic (exact) mass is 347 g/mol. The summed E-state index contributed by atoms with van der Waals surface area (Å²) >= 11 is 0. The molecule has 24 heavy (non-hydrogen) atoms. The molecule has 2 saturated heterocycles. The van der Waals surface area contributed by atoms with Crippen molar-refractivity contribution in [3.63, 3.8) is 0 Å². The van der Waals surface area contributed by atoms with Crippen LogP contribution in [0.3, 0.4) is 0 Å². The number of nitrogens with zero attached hydrogens (tertiary/aromatic N) is 1. The molecule has 0 amide bonds. The molecule has 0 radical (unpaired) electrons. The smallest absolute Gasteiger partial charge is 0.207 e. The summed E-state index contributed by atoms with van der Waals surface area (Å²) in [6, 6.07) is 0.547. The second-order valence-electron chi connectivity index (χ2n) is 7.14. The molecule has 2 atom stereocenters. The average molecular weight is 347 g/mol. The second-order valence-corrected chi connectivity index (χ2v) is 7.14. The van der Waals surface area contributed by atoms with Crippen LogP contribution >= 0.6 is 0 Å². The molecule has 2 aliphatic heterocycles. The van der Waals surface area contributed by atoms with Gasteiger partial charge in [0.25, 0.3) is 0 Å². The van der Waals surface area contributed by atoms with E-state index in [1.165, 1.54) is 12.8 Å². The van der Waals surface area contributed by atoms with Crippen molar-refractivity contribution in [3.8, 4) is 5.75 Å². The Morgan fingerprint density at radius 2 is 1.25 bits per heavy atom. The fourth-order valence-corrected chi connectivity index (χ4v) is 4.07. The van der Waals surface area contributed by atoms with E-state index in [1.54, 1.807) is 0 Å². The number of benzene rings is 1. The van der Waals surface area contributed by atoms with Crippen molar-refractivity contribution >= 4 is 0 Å². The summed E-state index contributed by atoms with van der Waals surface area (Å²) in [5.74, 6) is -10.3. The number of rotatable bonds is 4. The van der Waals surface area contributed by atoms with E-state index in [1.807, 2.05) is 0 Å². The van der Waals surface area contributed by atoms with Crippen LogP contribution in [0.15, 0.2) is 0 Å². The van der Waals surface area contributed by atoms with Gasteiger partial charge in [0.1, 0.15) is 6.10 Å². The highest BCUT2D eigenvalue weighted by Crippen LogP contribution is 2.41. The van der Waals surface area contributed by atoms with Crippen LogP contribution < -0.4 is 4.74 Å². The Bertz CT molecular complexity index is 620. The van der Waals surface area contributed by atoms with Crippen molar-refractivity contribution in [1.82, 2.24) is 4.90 Å². The Labute approximate surface area is 136 Å². The van der Waals surface area contributed by atoms with Gasteiger partial charge in [-0.1, -0.05) is 0 Å². The number of ether oxygens (including phenoxy) is 1. The minimum Gasteiger partial charge on any atom is -0.484 e. The number of piperidine rings is 1. The maximum atomic E-state index is 13.8. The molecule has 2 unspecified atom stereocenters. The molecule has 0 aromatic heterocycles. The number of hydrogen-bond acceptors (Lipinski definition) is 2. The van der Waals surface area contributed by atoms with Gasteiger partial charge in [0.15, 0.2) is 5.75 Å². The molecular formula is C17H18F5NO. The number of hydrogen-bond donors (Lipinski definition) is 0. The molecule has 3 fully saturated rings.